The van der Waals surface area contributed by atoms with Gasteiger partial charge in [0.1, 0.15) is 5.75 Å². The number of hydrogen-bond donors (Lipinski definition) is 1. The fourth-order valence-electron chi connectivity index (χ4n) is 3.17. The molecule has 0 saturated carbocycles. The molecule has 0 bridgehead atoms. The zero-order chi connectivity index (χ0) is 14.2. The van der Waals surface area contributed by atoms with Gasteiger partial charge in [0, 0.05) is 5.69 Å². The smallest absolute Gasteiger partial charge is 0.118 e. The van der Waals surface area contributed by atoms with Crippen molar-refractivity contribution < 1.29 is 4.74 Å². The maximum Gasteiger partial charge on any atom is 0.118 e. The van der Waals surface area contributed by atoms with Crippen LogP contribution in [0.15, 0.2) is 60.7 Å². The van der Waals surface area contributed by atoms with E-state index in [9.17, 15) is 0 Å². The summed E-state index contributed by atoms with van der Waals surface area (Å²) in [5.74, 6) is 0.903. The highest BCUT2D eigenvalue weighted by atomic mass is 16.5. The third-order valence-electron chi connectivity index (χ3n) is 4.30. The molecule has 0 spiro atoms. The van der Waals surface area contributed by atoms with Crippen LogP contribution in [0.3, 0.4) is 0 Å². The first-order valence-electron chi connectivity index (χ1n) is 7.26. The van der Waals surface area contributed by atoms with Crippen LogP contribution in [0, 0.1) is 0 Å². The van der Waals surface area contributed by atoms with Crippen LogP contribution in [0.1, 0.15) is 17.2 Å². The summed E-state index contributed by atoms with van der Waals surface area (Å²) in [7, 11) is 1.70. The van der Waals surface area contributed by atoms with Crippen molar-refractivity contribution in [2.75, 3.05) is 12.4 Å². The molecular formula is C19H17NO. The first kappa shape index (κ1) is 12.3. The minimum Gasteiger partial charge on any atom is -0.497 e. The molecular weight excluding hydrogens is 258 g/mol. The predicted molar refractivity (Wildman–Crippen MR) is 87.0 cm³/mol. The Hall–Kier alpha value is -2.48. The average molecular weight is 275 g/mol. The highest BCUT2D eigenvalue weighted by Crippen LogP contribution is 2.38. The van der Waals surface area contributed by atoms with Crippen molar-refractivity contribution in [3.05, 3.63) is 71.8 Å². The topological polar surface area (TPSA) is 21.3 Å². The first-order valence-corrected chi connectivity index (χ1v) is 7.26. The van der Waals surface area contributed by atoms with Crippen LogP contribution in [-0.4, -0.2) is 7.11 Å². The van der Waals surface area contributed by atoms with Crippen LogP contribution in [0.4, 0.5) is 5.69 Å². The van der Waals surface area contributed by atoms with E-state index in [0.29, 0.717) is 6.04 Å². The van der Waals surface area contributed by atoms with E-state index in [0.717, 1.165) is 12.2 Å². The summed E-state index contributed by atoms with van der Waals surface area (Å²) in [6, 6.07) is 21.7. The Balaban J connectivity index is 1.71. The number of anilines is 1. The molecule has 0 radical (unpaired) electrons. The van der Waals surface area contributed by atoms with Gasteiger partial charge >= 0.3 is 0 Å². The van der Waals surface area contributed by atoms with Crippen molar-refractivity contribution in [1.29, 1.82) is 0 Å². The third-order valence-corrected chi connectivity index (χ3v) is 4.30. The zero-order valence-corrected chi connectivity index (χ0v) is 12.0. The summed E-state index contributed by atoms with van der Waals surface area (Å²) in [6.07, 6.45) is 1.03. The van der Waals surface area contributed by atoms with Crippen molar-refractivity contribution in [3.8, 4) is 5.75 Å². The van der Waals surface area contributed by atoms with Crippen LogP contribution in [0.25, 0.3) is 10.8 Å². The predicted octanol–water partition coefficient (Wildman–Crippen LogP) is 4.56. The maximum absolute atomic E-state index is 5.23. The summed E-state index contributed by atoms with van der Waals surface area (Å²) in [6.45, 7) is 0. The van der Waals surface area contributed by atoms with Crippen LogP contribution < -0.4 is 10.1 Å². The van der Waals surface area contributed by atoms with E-state index in [-0.39, 0.29) is 0 Å². The lowest BCUT2D eigenvalue weighted by molar-refractivity contribution is 0.414. The quantitative estimate of drug-likeness (QED) is 0.740. The molecule has 0 aliphatic carbocycles. The van der Waals surface area contributed by atoms with Gasteiger partial charge in [0.2, 0.25) is 0 Å². The SMILES string of the molecule is COc1ccc(C2Cc3c(ccc4ccccc34)N2)cc1. The fourth-order valence-corrected chi connectivity index (χ4v) is 3.17. The summed E-state index contributed by atoms with van der Waals surface area (Å²) in [4.78, 5) is 0. The number of hydrogen-bond acceptors (Lipinski definition) is 2. The Morgan fingerprint density at radius 2 is 1.76 bits per heavy atom. The van der Waals surface area contributed by atoms with Gasteiger partial charge in [0.15, 0.2) is 0 Å². The molecule has 1 unspecified atom stereocenters. The molecule has 0 aromatic heterocycles. The van der Waals surface area contributed by atoms with Gasteiger partial charge < -0.3 is 10.1 Å². The van der Waals surface area contributed by atoms with Crippen molar-refractivity contribution in [1.82, 2.24) is 0 Å². The molecule has 2 nitrogen and oxygen atoms in total. The van der Waals surface area contributed by atoms with Crippen LogP contribution in [0.2, 0.25) is 0 Å². The molecule has 1 heterocycles. The van der Waals surface area contributed by atoms with Gasteiger partial charge in [0.25, 0.3) is 0 Å². The molecule has 1 aliphatic heterocycles. The van der Waals surface area contributed by atoms with Crippen molar-refractivity contribution in [2.45, 2.75) is 12.5 Å². The molecule has 4 rings (SSSR count). The minimum absolute atomic E-state index is 0.344. The molecule has 1 N–H and O–H groups in total. The largest absolute Gasteiger partial charge is 0.497 e. The van der Waals surface area contributed by atoms with E-state index < -0.39 is 0 Å². The van der Waals surface area contributed by atoms with E-state index in [1.165, 1.54) is 27.6 Å². The monoisotopic (exact) mass is 275 g/mol. The highest BCUT2D eigenvalue weighted by molar-refractivity contribution is 5.91. The van der Waals surface area contributed by atoms with E-state index in [1.54, 1.807) is 7.11 Å². The van der Waals surface area contributed by atoms with Crippen molar-refractivity contribution in [2.24, 2.45) is 0 Å². The molecule has 2 heteroatoms. The fraction of sp³-hybridized carbons (Fsp3) is 0.158. The maximum atomic E-state index is 5.23. The van der Waals surface area contributed by atoms with Gasteiger partial charge in [-0.25, -0.2) is 0 Å². The number of ether oxygens (including phenoxy) is 1. The van der Waals surface area contributed by atoms with Gasteiger partial charge in [-0.1, -0.05) is 42.5 Å². The lowest BCUT2D eigenvalue weighted by Gasteiger charge is -2.12. The third kappa shape index (κ3) is 2.04. The highest BCUT2D eigenvalue weighted by Gasteiger charge is 2.23. The first-order chi connectivity index (χ1) is 10.3. The number of rotatable bonds is 2. The van der Waals surface area contributed by atoms with Gasteiger partial charge in [-0.15, -0.1) is 0 Å². The molecule has 0 fully saturated rings. The molecule has 0 saturated heterocycles. The number of fused-ring (bicyclic) bond motifs is 3. The second kappa shape index (κ2) is 4.81. The molecule has 3 aromatic rings. The van der Waals surface area contributed by atoms with Crippen LogP contribution in [0.5, 0.6) is 5.75 Å². The Morgan fingerprint density at radius 3 is 2.57 bits per heavy atom. The lowest BCUT2D eigenvalue weighted by atomic mass is 9.98. The molecule has 1 atom stereocenters. The Bertz CT molecular complexity index is 792. The Labute approximate surface area is 124 Å². The minimum atomic E-state index is 0.344. The second-order valence-electron chi connectivity index (χ2n) is 5.49. The number of benzene rings is 3. The zero-order valence-electron chi connectivity index (χ0n) is 12.0. The van der Waals surface area contributed by atoms with Crippen LogP contribution in [-0.2, 0) is 6.42 Å². The number of methoxy groups -OCH3 is 1. The second-order valence-corrected chi connectivity index (χ2v) is 5.49. The van der Waals surface area contributed by atoms with E-state index >= 15 is 0 Å². The Morgan fingerprint density at radius 1 is 0.952 bits per heavy atom. The van der Waals surface area contributed by atoms with E-state index in [2.05, 4.69) is 53.8 Å². The average Bonchev–Trinajstić information content (AvgIpc) is 2.99. The van der Waals surface area contributed by atoms with Gasteiger partial charge in [-0.2, -0.15) is 0 Å². The van der Waals surface area contributed by atoms with Gasteiger partial charge in [-0.05, 0) is 46.5 Å². The standard InChI is InChI=1S/C19H17NO/c1-21-15-9-6-14(7-10-15)19-12-17-16-5-3-2-4-13(16)8-11-18(17)20-19/h2-11,19-20H,12H2,1H3. The lowest BCUT2D eigenvalue weighted by Crippen LogP contribution is -2.05. The summed E-state index contributed by atoms with van der Waals surface area (Å²) in [5, 5.41) is 6.31. The van der Waals surface area contributed by atoms with Crippen molar-refractivity contribution in [3.63, 3.8) is 0 Å². The normalized spacial score (nSPS) is 16.5. The summed E-state index contributed by atoms with van der Waals surface area (Å²) >= 11 is 0. The van der Waals surface area contributed by atoms with E-state index in [4.69, 9.17) is 4.74 Å². The number of nitrogens with one attached hydrogen (secondary N) is 1. The van der Waals surface area contributed by atoms with E-state index in [1.807, 2.05) is 12.1 Å². The summed E-state index contributed by atoms with van der Waals surface area (Å²) < 4.78 is 5.23. The van der Waals surface area contributed by atoms with Crippen LogP contribution >= 0.6 is 0 Å². The summed E-state index contributed by atoms with van der Waals surface area (Å²) in [5.41, 5.74) is 3.99. The molecule has 0 amide bonds. The van der Waals surface area contributed by atoms with Crippen molar-refractivity contribution >= 4 is 16.5 Å². The Kier molecular flexibility index (Phi) is 2.81. The molecule has 104 valence electrons. The molecule has 21 heavy (non-hydrogen) atoms. The molecule has 3 aromatic carbocycles. The van der Waals surface area contributed by atoms with Gasteiger partial charge in [0.05, 0.1) is 13.2 Å². The van der Waals surface area contributed by atoms with Gasteiger partial charge in [-0.3, -0.25) is 0 Å². The molecule has 1 aliphatic rings.